The number of piperazine rings is 1. The number of rotatable bonds is 2. The SMILES string of the molecule is Cc1cc(C)c([N+](=O)[O-])c(C)c1N1CCNCC1. The lowest BCUT2D eigenvalue weighted by atomic mass is 10.0. The van der Waals surface area contributed by atoms with Crippen molar-refractivity contribution in [2.75, 3.05) is 31.1 Å². The summed E-state index contributed by atoms with van der Waals surface area (Å²) in [6.07, 6.45) is 0. The number of aryl methyl sites for hydroxylation is 2. The first kappa shape index (κ1) is 12.8. The van der Waals surface area contributed by atoms with E-state index >= 15 is 0 Å². The summed E-state index contributed by atoms with van der Waals surface area (Å²) in [5.74, 6) is 0. The Balaban J connectivity index is 2.52. The Morgan fingerprint density at radius 2 is 1.83 bits per heavy atom. The van der Waals surface area contributed by atoms with E-state index in [-0.39, 0.29) is 10.6 Å². The van der Waals surface area contributed by atoms with Crippen molar-refractivity contribution in [1.82, 2.24) is 5.32 Å². The van der Waals surface area contributed by atoms with Crippen molar-refractivity contribution >= 4 is 11.4 Å². The van der Waals surface area contributed by atoms with Gasteiger partial charge in [-0.1, -0.05) is 0 Å². The Morgan fingerprint density at radius 3 is 2.39 bits per heavy atom. The number of nitro benzene ring substituents is 1. The summed E-state index contributed by atoms with van der Waals surface area (Å²) < 4.78 is 0. The lowest BCUT2D eigenvalue weighted by Crippen LogP contribution is -2.44. The molecule has 0 spiro atoms. The first-order chi connectivity index (χ1) is 8.52. The Morgan fingerprint density at radius 1 is 1.22 bits per heavy atom. The average molecular weight is 249 g/mol. The lowest BCUT2D eigenvalue weighted by molar-refractivity contribution is -0.386. The van der Waals surface area contributed by atoms with Gasteiger partial charge in [0.1, 0.15) is 0 Å². The van der Waals surface area contributed by atoms with Crippen LogP contribution in [0.25, 0.3) is 0 Å². The molecule has 0 saturated carbocycles. The lowest BCUT2D eigenvalue weighted by Gasteiger charge is -2.32. The number of nitrogens with zero attached hydrogens (tertiary/aromatic N) is 2. The molecule has 98 valence electrons. The van der Waals surface area contributed by atoms with Crippen molar-refractivity contribution in [2.45, 2.75) is 20.8 Å². The van der Waals surface area contributed by atoms with Gasteiger partial charge in [0.25, 0.3) is 5.69 Å². The van der Waals surface area contributed by atoms with Gasteiger partial charge in [0.15, 0.2) is 0 Å². The summed E-state index contributed by atoms with van der Waals surface area (Å²) in [6, 6.07) is 1.92. The van der Waals surface area contributed by atoms with Crippen LogP contribution in [0, 0.1) is 30.9 Å². The molecule has 0 aromatic heterocycles. The van der Waals surface area contributed by atoms with Crippen LogP contribution in [0.15, 0.2) is 6.07 Å². The van der Waals surface area contributed by atoms with Gasteiger partial charge in [-0.3, -0.25) is 10.1 Å². The third-order valence-electron chi connectivity index (χ3n) is 3.51. The van der Waals surface area contributed by atoms with Crippen molar-refractivity contribution in [3.8, 4) is 0 Å². The van der Waals surface area contributed by atoms with Gasteiger partial charge in [0.2, 0.25) is 0 Å². The predicted molar refractivity (Wildman–Crippen MR) is 72.4 cm³/mol. The zero-order valence-corrected chi connectivity index (χ0v) is 11.1. The third kappa shape index (κ3) is 2.18. The van der Waals surface area contributed by atoms with E-state index in [1.807, 2.05) is 19.9 Å². The minimum absolute atomic E-state index is 0.258. The van der Waals surface area contributed by atoms with Crippen LogP contribution in [0.1, 0.15) is 16.7 Å². The van der Waals surface area contributed by atoms with Crippen LogP contribution in [-0.2, 0) is 0 Å². The third-order valence-corrected chi connectivity index (χ3v) is 3.51. The van der Waals surface area contributed by atoms with Crippen LogP contribution in [0.4, 0.5) is 11.4 Å². The second-order valence-corrected chi connectivity index (χ2v) is 4.83. The molecule has 1 aliphatic rings. The Kier molecular flexibility index (Phi) is 3.52. The van der Waals surface area contributed by atoms with Gasteiger partial charge in [-0.25, -0.2) is 0 Å². The molecule has 0 radical (unpaired) electrons. The van der Waals surface area contributed by atoms with Gasteiger partial charge in [-0.2, -0.15) is 0 Å². The van der Waals surface area contributed by atoms with Crippen molar-refractivity contribution in [1.29, 1.82) is 0 Å². The smallest absolute Gasteiger partial charge is 0.277 e. The highest BCUT2D eigenvalue weighted by atomic mass is 16.6. The molecule has 5 heteroatoms. The van der Waals surface area contributed by atoms with E-state index < -0.39 is 0 Å². The van der Waals surface area contributed by atoms with Crippen molar-refractivity contribution in [3.63, 3.8) is 0 Å². The Labute approximate surface area is 107 Å². The number of hydrogen-bond donors (Lipinski definition) is 1. The van der Waals surface area contributed by atoms with E-state index in [2.05, 4.69) is 10.2 Å². The van der Waals surface area contributed by atoms with E-state index in [1.54, 1.807) is 6.92 Å². The normalized spacial score (nSPS) is 15.8. The fourth-order valence-corrected chi connectivity index (χ4v) is 2.82. The maximum Gasteiger partial charge on any atom is 0.277 e. The molecule has 1 saturated heterocycles. The molecule has 1 fully saturated rings. The summed E-state index contributed by atoms with van der Waals surface area (Å²) in [4.78, 5) is 13.1. The number of nitro groups is 1. The van der Waals surface area contributed by atoms with Crippen LogP contribution < -0.4 is 10.2 Å². The summed E-state index contributed by atoms with van der Waals surface area (Å²) in [7, 11) is 0. The van der Waals surface area contributed by atoms with Crippen LogP contribution in [-0.4, -0.2) is 31.1 Å². The number of anilines is 1. The highest BCUT2D eigenvalue weighted by Gasteiger charge is 2.23. The zero-order valence-electron chi connectivity index (χ0n) is 11.1. The molecule has 0 unspecified atom stereocenters. The summed E-state index contributed by atoms with van der Waals surface area (Å²) in [5, 5.41) is 14.5. The standard InChI is InChI=1S/C13H19N3O2/c1-9-8-10(2)13(16(17)18)11(3)12(9)15-6-4-14-5-7-15/h8,14H,4-7H2,1-3H3. The molecule has 1 N–H and O–H groups in total. The largest absolute Gasteiger partial charge is 0.368 e. The van der Waals surface area contributed by atoms with Crippen molar-refractivity contribution < 1.29 is 4.92 Å². The first-order valence-electron chi connectivity index (χ1n) is 6.23. The zero-order chi connectivity index (χ0) is 13.3. The van der Waals surface area contributed by atoms with Crippen LogP contribution in [0.3, 0.4) is 0 Å². The molecule has 1 aromatic rings. The minimum atomic E-state index is -0.268. The average Bonchev–Trinajstić information content (AvgIpc) is 2.28. The van der Waals surface area contributed by atoms with E-state index in [4.69, 9.17) is 0 Å². The van der Waals surface area contributed by atoms with E-state index in [0.29, 0.717) is 0 Å². The molecule has 0 aliphatic carbocycles. The molecule has 0 atom stereocenters. The quantitative estimate of drug-likeness (QED) is 0.642. The molecule has 5 nitrogen and oxygen atoms in total. The number of nitrogens with one attached hydrogen (secondary N) is 1. The highest BCUT2D eigenvalue weighted by molar-refractivity contribution is 5.68. The molecule has 1 aliphatic heterocycles. The van der Waals surface area contributed by atoms with Crippen molar-refractivity contribution in [2.24, 2.45) is 0 Å². The Bertz CT molecular complexity index is 480. The van der Waals surface area contributed by atoms with E-state index in [0.717, 1.165) is 48.6 Å². The highest BCUT2D eigenvalue weighted by Crippen LogP contribution is 2.34. The fraction of sp³-hybridized carbons (Fsp3) is 0.538. The molecular weight excluding hydrogens is 230 g/mol. The van der Waals surface area contributed by atoms with Gasteiger partial charge in [-0.05, 0) is 32.4 Å². The monoisotopic (exact) mass is 249 g/mol. The first-order valence-corrected chi connectivity index (χ1v) is 6.23. The Hall–Kier alpha value is -1.62. The molecule has 18 heavy (non-hydrogen) atoms. The second-order valence-electron chi connectivity index (χ2n) is 4.83. The summed E-state index contributed by atoms with van der Waals surface area (Å²) >= 11 is 0. The molecule has 2 rings (SSSR count). The van der Waals surface area contributed by atoms with Gasteiger partial charge in [-0.15, -0.1) is 0 Å². The number of benzene rings is 1. The summed E-state index contributed by atoms with van der Waals surface area (Å²) in [5.41, 5.74) is 3.95. The van der Waals surface area contributed by atoms with E-state index in [1.165, 1.54) is 0 Å². The predicted octanol–water partition coefficient (Wildman–Crippen LogP) is 1.93. The van der Waals surface area contributed by atoms with Crippen LogP contribution in [0.5, 0.6) is 0 Å². The van der Waals surface area contributed by atoms with E-state index in [9.17, 15) is 10.1 Å². The molecule has 1 aromatic carbocycles. The summed E-state index contributed by atoms with van der Waals surface area (Å²) in [6.45, 7) is 9.36. The maximum atomic E-state index is 11.2. The van der Waals surface area contributed by atoms with Crippen molar-refractivity contribution in [3.05, 3.63) is 32.9 Å². The fourth-order valence-electron chi connectivity index (χ4n) is 2.82. The minimum Gasteiger partial charge on any atom is -0.368 e. The van der Waals surface area contributed by atoms with Gasteiger partial charge < -0.3 is 10.2 Å². The van der Waals surface area contributed by atoms with Gasteiger partial charge in [0, 0.05) is 37.4 Å². The second kappa shape index (κ2) is 4.94. The molecule has 0 bridgehead atoms. The number of hydrogen-bond acceptors (Lipinski definition) is 4. The van der Waals surface area contributed by atoms with Crippen LogP contribution in [0.2, 0.25) is 0 Å². The van der Waals surface area contributed by atoms with Gasteiger partial charge >= 0.3 is 0 Å². The molecule has 0 amide bonds. The van der Waals surface area contributed by atoms with Gasteiger partial charge in [0.05, 0.1) is 10.5 Å². The van der Waals surface area contributed by atoms with Crippen LogP contribution >= 0.6 is 0 Å². The molecule has 1 heterocycles. The molecular formula is C13H19N3O2. The maximum absolute atomic E-state index is 11.2. The topological polar surface area (TPSA) is 58.4 Å².